The summed E-state index contributed by atoms with van der Waals surface area (Å²) in [5.41, 5.74) is 1.04. The number of ether oxygens (including phenoxy) is 2. The van der Waals surface area contributed by atoms with E-state index in [1.807, 2.05) is 19.1 Å². The predicted molar refractivity (Wildman–Crippen MR) is 99.7 cm³/mol. The SMILES string of the molecule is CCCOc1c(Cl)cc(CNCC2CNCC2O)cc1OCC.Cl. The van der Waals surface area contributed by atoms with Gasteiger partial charge in [-0.2, -0.15) is 0 Å². The van der Waals surface area contributed by atoms with Gasteiger partial charge in [0.05, 0.1) is 24.3 Å². The summed E-state index contributed by atoms with van der Waals surface area (Å²) < 4.78 is 11.4. The molecule has 0 saturated carbocycles. The first-order valence-corrected chi connectivity index (χ1v) is 8.71. The molecule has 5 nitrogen and oxygen atoms in total. The van der Waals surface area contributed by atoms with E-state index in [1.54, 1.807) is 0 Å². The lowest BCUT2D eigenvalue weighted by atomic mass is 10.1. The highest BCUT2D eigenvalue weighted by Gasteiger charge is 2.24. The molecule has 1 aliphatic rings. The first-order valence-electron chi connectivity index (χ1n) is 8.33. The van der Waals surface area contributed by atoms with Crippen LogP contribution >= 0.6 is 24.0 Å². The van der Waals surface area contributed by atoms with Crippen LogP contribution in [0.5, 0.6) is 11.5 Å². The fourth-order valence-corrected chi connectivity index (χ4v) is 2.95. The molecule has 0 aliphatic carbocycles. The summed E-state index contributed by atoms with van der Waals surface area (Å²) in [5.74, 6) is 1.56. The molecule has 1 heterocycles. The molecule has 3 N–H and O–H groups in total. The zero-order chi connectivity index (χ0) is 16.7. The fraction of sp³-hybridized carbons (Fsp3) is 0.647. The molecule has 2 unspecified atom stereocenters. The van der Waals surface area contributed by atoms with Crippen molar-refractivity contribution < 1.29 is 14.6 Å². The Morgan fingerprint density at radius 2 is 2.08 bits per heavy atom. The van der Waals surface area contributed by atoms with Crippen molar-refractivity contribution in [1.29, 1.82) is 0 Å². The molecule has 0 aromatic heterocycles. The van der Waals surface area contributed by atoms with Gasteiger partial charge in [-0.05, 0) is 31.0 Å². The molecular formula is C17H28Cl2N2O3. The van der Waals surface area contributed by atoms with Crippen LogP contribution in [-0.2, 0) is 6.54 Å². The maximum Gasteiger partial charge on any atom is 0.179 e. The third-order valence-electron chi connectivity index (χ3n) is 3.86. The minimum Gasteiger partial charge on any atom is -0.490 e. The summed E-state index contributed by atoms with van der Waals surface area (Å²) in [6, 6.07) is 3.88. The molecule has 0 bridgehead atoms. The quantitative estimate of drug-likeness (QED) is 0.616. The molecule has 0 radical (unpaired) electrons. The number of aliphatic hydroxyl groups is 1. The topological polar surface area (TPSA) is 62.8 Å². The lowest BCUT2D eigenvalue weighted by Crippen LogP contribution is -2.30. The van der Waals surface area contributed by atoms with Crippen LogP contribution in [0, 0.1) is 5.92 Å². The minimum atomic E-state index is -0.269. The zero-order valence-corrected chi connectivity index (χ0v) is 15.9. The van der Waals surface area contributed by atoms with Gasteiger partial charge in [0.2, 0.25) is 0 Å². The molecular weight excluding hydrogens is 351 g/mol. The van der Waals surface area contributed by atoms with Crippen molar-refractivity contribution >= 4 is 24.0 Å². The van der Waals surface area contributed by atoms with Crippen LogP contribution in [0.3, 0.4) is 0 Å². The summed E-state index contributed by atoms with van der Waals surface area (Å²) >= 11 is 6.35. The van der Waals surface area contributed by atoms with E-state index in [1.165, 1.54) is 0 Å². The second-order valence-electron chi connectivity index (χ2n) is 5.80. The van der Waals surface area contributed by atoms with Gasteiger partial charge in [-0.15, -0.1) is 12.4 Å². The lowest BCUT2D eigenvalue weighted by molar-refractivity contribution is 0.146. The smallest absolute Gasteiger partial charge is 0.179 e. The van der Waals surface area contributed by atoms with Gasteiger partial charge >= 0.3 is 0 Å². The van der Waals surface area contributed by atoms with Crippen LogP contribution in [0.2, 0.25) is 5.02 Å². The fourth-order valence-electron chi connectivity index (χ4n) is 2.66. The van der Waals surface area contributed by atoms with Crippen LogP contribution in [0.4, 0.5) is 0 Å². The number of nitrogens with one attached hydrogen (secondary N) is 2. The number of rotatable bonds is 9. The van der Waals surface area contributed by atoms with E-state index in [4.69, 9.17) is 21.1 Å². The van der Waals surface area contributed by atoms with Crippen LogP contribution in [0.25, 0.3) is 0 Å². The largest absolute Gasteiger partial charge is 0.490 e. The van der Waals surface area contributed by atoms with Crippen LogP contribution in [0.15, 0.2) is 12.1 Å². The highest BCUT2D eigenvalue weighted by Crippen LogP contribution is 2.36. The average molecular weight is 379 g/mol. The molecule has 0 spiro atoms. The number of hydrogen-bond donors (Lipinski definition) is 3. The van der Waals surface area contributed by atoms with Gasteiger partial charge in [-0.1, -0.05) is 18.5 Å². The normalized spacial score (nSPS) is 19.8. The Morgan fingerprint density at radius 3 is 2.71 bits per heavy atom. The highest BCUT2D eigenvalue weighted by molar-refractivity contribution is 6.32. The van der Waals surface area contributed by atoms with E-state index in [-0.39, 0.29) is 24.4 Å². The second-order valence-corrected chi connectivity index (χ2v) is 6.21. The van der Waals surface area contributed by atoms with Crippen molar-refractivity contribution in [3.05, 3.63) is 22.7 Å². The van der Waals surface area contributed by atoms with E-state index in [0.717, 1.165) is 25.1 Å². The molecule has 1 aromatic rings. The van der Waals surface area contributed by atoms with Gasteiger partial charge in [0.25, 0.3) is 0 Å². The van der Waals surface area contributed by atoms with Crippen molar-refractivity contribution in [3.8, 4) is 11.5 Å². The monoisotopic (exact) mass is 378 g/mol. The average Bonchev–Trinajstić information content (AvgIpc) is 2.92. The van der Waals surface area contributed by atoms with Crippen molar-refractivity contribution in [3.63, 3.8) is 0 Å². The van der Waals surface area contributed by atoms with Crippen LogP contribution in [0.1, 0.15) is 25.8 Å². The van der Waals surface area contributed by atoms with Gasteiger partial charge in [-0.3, -0.25) is 0 Å². The van der Waals surface area contributed by atoms with E-state index in [9.17, 15) is 5.11 Å². The molecule has 1 aliphatic heterocycles. The Bertz CT molecular complexity index is 503. The molecule has 1 saturated heterocycles. The molecule has 138 valence electrons. The maximum atomic E-state index is 9.80. The zero-order valence-electron chi connectivity index (χ0n) is 14.3. The molecule has 1 aromatic carbocycles. The van der Waals surface area contributed by atoms with Crippen LogP contribution < -0.4 is 20.1 Å². The van der Waals surface area contributed by atoms with Crippen molar-refractivity contribution in [2.45, 2.75) is 32.9 Å². The summed E-state index contributed by atoms with van der Waals surface area (Å²) in [5, 5.41) is 16.9. The Hall–Kier alpha value is -0.720. The third-order valence-corrected chi connectivity index (χ3v) is 4.14. The van der Waals surface area contributed by atoms with Crippen molar-refractivity contribution in [2.75, 3.05) is 32.8 Å². The molecule has 24 heavy (non-hydrogen) atoms. The summed E-state index contributed by atoms with van der Waals surface area (Å²) in [7, 11) is 0. The first-order chi connectivity index (χ1) is 11.2. The summed E-state index contributed by atoms with van der Waals surface area (Å²) in [4.78, 5) is 0. The Labute approximate surface area is 155 Å². The Balaban J connectivity index is 0.00000288. The van der Waals surface area contributed by atoms with Gasteiger partial charge in [0, 0.05) is 32.1 Å². The number of benzene rings is 1. The molecule has 2 atom stereocenters. The number of aliphatic hydroxyl groups excluding tert-OH is 1. The summed E-state index contributed by atoms with van der Waals surface area (Å²) in [6.07, 6.45) is 0.651. The molecule has 0 amide bonds. The van der Waals surface area contributed by atoms with Gasteiger partial charge in [-0.25, -0.2) is 0 Å². The standard InChI is InChI=1S/C17H27ClN2O3.ClH/c1-3-5-23-17-14(18)6-12(7-16(17)22-4-2)8-19-9-13-10-20-11-15(13)21;/h6-7,13,15,19-21H,3-5,8-11H2,1-2H3;1H. The summed E-state index contributed by atoms with van der Waals surface area (Å²) in [6.45, 7) is 8.15. The Morgan fingerprint density at radius 1 is 1.29 bits per heavy atom. The van der Waals surface area contributed by atoms with E-state index >= 15 is 0 Å². The van der Waals surface area contributed by atoms with Gasteiger partial charge < -0.3 is 25.2 Å². The predicted octanol–water partition coefficient (Wildman–Crippen LogP) is 2.62. The van der Waals surface area contributed by atoms with E-state index in [0.29, 0.717) is 42.8 Å². The second kappa shape index (κ2) is 11.0. The number of hydrogen-bond acceptors (Lipinski definition) is 5. The van der Waals surface area contributed by atoms with Crippen LogP contribution in [-0.4, -0.2) is 44.1 Å². The Kier molecular flexibility index (Phi) is 9.78. The highest BCUT2D eigenvalue weighted by atomic mass is 35.5. The molecule has 7 heteroatoms. The van der Waals surface area contributed by atoms with E-state index < -0.39 is 0 Å². The van der Waals surface area contributed by atoms with Gasteiger partial charge in [0.15, 0.2) is 11.5 Å². The minimum absolute atomic E-state index is 0. The van der Waals surface area contributed by atoms with Crippen molar-refractivity contribution in [2.24, 2.45) is 5.92 Å². The molecule has 2 rings (SSSR count). The first kappa shape index (κ1) is 21.3. The van der Waals surface area contributed by atoms with Gasteiger partial charge in [0.1, 0.15) is 0 Å². The number of β-amino-alcohol motifs (C(OH)–C–C–N with tert-alkyl or cyclic N) is 1. The maximum absolute atomic E-state index is 9.80. The molecule has 1 fully saturated rings. The van der Waals surface area contributed by atoms with Crippen molar-refractivity contribution in [1.82, 2.24) is 10.6 Å². The lowest BCUT2D eigenvalue weighted by Gasteiger charge is -2.17. The third kappa shape index (κ3) is 5.97. The van der Waals surface area contributed by atoms with E-state index in [2.05, 4.69) is 17.6 Å². The number of halogens is 2.